The minimum Gasteiger partial charge on any atom is -0.299 e. The average molecular weight is 314 g/mol. The van der Waals surface area contributed by atoms with E-state index < -0.39 is 5.41 Å². The fourth-order valence-corrected chi connectivity index (χ4v) is 4.90. The normalized spacial score (nSPS) is 39.3. The molecule has 1 saturated carbocycles. The van der Waals surface area contributed by atoms with Crippen LogP contribution >= 0.6 is 0 Å². The van der Waals surface area contributed by atoms with Crippen molar-refractivity contribution >= 4 is 17.3 Å². The molecule has 0 aromatic rings. The Hall–Kier alpha value is -1.51. The highest BCUT2D eigenvalue weighted by Gasteiger charge is 2.60. The van der Waals surface area contributed by atoms with Gasteiger partial charge in [0.1, 0.15) is 5.78 Å². The van der Waals surface area contributed by atoms with E-state index in [2.05, 4.69) is 6.92 Å². The molecule has 0 radical (unpaired) electrons. The van der Waals surface area contributed by atoms with E-state index in [1.807, 2.05) is 26.8 Å². The van der Waals surface area contributed by atoms with Crippen LogP contribution in [0.5, 0.6) is 0 Å². The maximum absolute atomic E-state index is 13.4. The molecular weight excluding hydrogens is 288 g/mol. The first-order valence-electron chi connectivity index (χ1n) is 8.59. The van der Waals surface area contributed by atoms with Gasteiger partial charge in [0, 0.05) is 12.8 Å². The first-order chi connectivity index (χ1) is 10.6. The first kappa shape index (κ1) is 16.4. The van der Waals surface area contributed by atoms with Crippen LogP contribution in [0.2, 0.25) is 0 Å². The second-order valence-corrected chi connectivity index (χ2v) is 8.64. The molecule has 23 heavy (non-hydrogen) atoms. The van der Waals surface area contributed by atoms with Crippen LogP contribution in [0.25, 0.3) is 0 Å². The zero-order valence-corrected chi connectivity index (χ0v) is 14.8. The Morgan fingerprint density at radius 3 is 2.35 bits per heavy atom. The molecule has 0 heterocycles. The summed E-state index contributed by atoms with van der Waals surface area (Å²) in [6, 6.07) is 0. The van der Waals surface area contributed by atoms with E-state index >= 15 is 0 Å². The smallest absolute Gasteiger partial charge is 0.172 e. The molecule has 0 saturated heterocycles. The molecule has 3 aliphatic rings. The van der Waals surface area contributed by atoms with E-state index in [-0.39, 0.29) is 28.7 Å². The molecule has 0 amide bonds. The minimum absolute atomic E-state index is 0.0104. The maximum atomic E-state index is 13.4. The lowest BCUT2D eigenvalue weighted by Gasteiger charge is -2.35. The number of hydrogen-bond donors (Lipinski definition) is 0. The number of allylic oxidation sites excluding steroid dienone is 4. The molecule has 3 heteroatoms. The molecule has 0 N–H and O–H groups in total. The van der Waals surface area contributed by atoms with Gasteiger partial charge in [0.25, 0.3) is 0 Å². The van der Waals surface area contributed by atoms with Crippen LogP contribution in [0.15, 0.2) is 22.8 Å². The highest BCUT2D eigenvalue weighted by molar-refractivity contribution is 6.17. The highest BCUT2D eigenvalue weighted by Crippen LogP contribution is 2.56. The van der Waals surface area contributed by atoms with Crippen LogP contribution in [0.4, 0.5) is 0 Å². The molecule has 3 aliphatic carbocycles. The van der Waals surface area contributed by atoms with Crippen molar-refractivity contribution in [1.82, 2.24) is 0 Å². The van der Waals surface area contributed by atoms with Gasteiger partial charge in [-0.15, -0.1) is 0 Å². The van der Waals surface area contributed by atoms with E-state index in [0.717, 1.165) is 29.6 Å². The van der Waals surface area contributed by atoms with Crippen molar-refractivity contribution in [2.24, 2.45) is 22.7 Å². The van der Waals surface area contributed by atoms with Crippen molar-refractivity contribution in [2.75, 3.05) is 0 Å². The molecule has 0 unspecified atom stereocenters. The van der Waals surface area contributed by atoms with E-state index in [1.165, 1.54) is 0 Å². The number of ketones is 3. The predicted octanol–water partition coefficient (Wildman–Crippen LogP) is 3.82. The molecule has 0 aromatic heterocycles. The van der Waals surface area contributed by atoms with Crippen molar-refractivity contribution in [2.45, 2.75) is 60.3 Å². The summed E-state index contributed by atoms with van der Waals surface area (Å²) in [5.74, 6) is 0.250. The Morgan fingerprint density at radius 1 is 1.04 bits per heavy atom. The highest BCUT2D eigenvalue weighted by atomic mass is 16.2. The van der Waals surface area contributed by atoms with E-state index in [1.54, 1.807) is 6.92 Å². The molecule has 0 aliphatic heterocycles. The Labute approximate surface area is 138 Å². The summed E-state index contributed by atoms with van der Waals surface area (Å²) in [5.41, 5.74) is 1.14. The SMILES string of the molecule is C/C1=C/C2=C(C[C@H](C)C2)C(=O)[C@@]2(C)C(=O)CC(C)(C)[C@@H]2CC1=O. The lowest BCUT2D eigenvalue weighted by Crippen LogP contribution is -2.42. The number of rotatable bonds is 0. The monoisotopic (exact) mass is 314 g/mol. The topological polar surface area (TPSA) is 51.2 Å². The van der Waals surface area contributed by atoms with Gasteiger partial charge in [-0.1, -0.05) is 26.8 Å². The Balaban J connectivity index is 2.20. The van der Waals surface area contributed by atoms with Crippen molar-refractivity contribution in [3.63, 3.8) is 0 Å². The molecule has 0 aromatic carbocycles. The van der Waals surface area contributed by atoms with Gasteiger partial charge in [-0.25, -0.2) is 0 Å². The Kier molecular flexibility index (Phi) is 3.55. The second kappa shape index (κ2) is 4.99. The van der Waals surface area contributed by atoms with Crippen LogP contribution in [0, 0.1) is 22.7 Å². The van der Waals surface area contributed by atoms with Crippen molar-refractivity contribution in [3.8, 4) is 0 Å². The third-order valence-corrected chi connectivity index (χ3v) is 6.31. The summed E-state index contributed by atoms with van der Waals surface area (Å²) >= 11 is 0. The van der Waals surface area contributed by atoms with Crippen LogP contribution in [-0.4, -0.2) is 17.3 Å². The number of carbonyl (C=O) groups excluding carboxylic acids is 3. The summed E-state index contributed by atoms with van der Waals surface area (Å²) in [6.45, 7) is 9.79. The molecule has 3 rings (SSSR count). The largest absolute Gasteiger partial charge is 0.299 e. The summed E-state index contributed by atoms with van der Waals surface area (Å²) in [7, 11) is 0. The van der Waals surface area contributed by atoms with Gasteiger partial charge in [0.2, 0.25) is 0 Å². The van der Waals surface area contributed by atoms with Gasteiger partial charge < -0.3 is 0 Å². The van der Waals surface area contributed by atoms with Gasteiger partial charge in [-0.3, -0.25) is 14.4 Å². The molecule has 0 bridgehead atoms. The summed E-state index contributed by atoms with van der Waals surface area (Å²) in [4.78, 5) is 38.9. The van der Waals surface area contributed by atoms with Crippen LogP contribution in [0.1, 0.15) is 60.3 Å². The molecule has 124 valence electrons. The third kappa shape index (κ3) is 2.28. The molecule has 3 nitrogen and oxygen atoms in total. The quantitative estimate of drug-likeness (QED) is 0.639. The van der Waals surface area contributed by atoms with Gasteiger partial charge in [0.05, 0.1) is 5.41 Å². The van der Waals surface area contributed by atoms with E-state index in [4.69, 9.17) is 0 Å². The summed E-state index contributed by atoms with van der Waals surface area (Å²) in [6.07, 6.45) is 4.13. The number of carbonyl (C=O) groups is 3. The van der Waals surface area contributed by atoms with Crippen LogP contribution < -0.4 is 0 Å². The molecule has 0 spiro atoms. The molecular formula is C20H26O3. The summed E-state index contributed by atoms with van der Waals surface area (Å²) < 4.78 is 0. The number of hydrogen-bond acceptors (Lipinski definition) is 3. The average Bonchev–Trinajstić information content (AvgIpc) is 2.88. The zero-order chi connectivity index (χ0) is 17.2. The number of Topliss-reactive ketones (excluding diaryl/α,β-unsaturated/α-hetero) is 3. The predicted molar refractivity (Wildman–Crippen MR) is 88.8 cm³/mol. The Morgan fingerprint density at radius 2 is 1.70 bits per heavy atom. The van der Waals surface area contributed by atoms with Gasteiger partial charge in [-0.2, -0.15) is 0 Å². The van der Waals surface area contributed by atoms with Crippen LogP contribution in [0.3, 0.4) is 0 Å². The lowest BCUT2D eigenvalue weighted by molar-refractivity contribution is -0.138. The lowest BCUT2D eigenvalue weighted by atomic mass is 9.65. The van der Waals surface area contributed by atoms with Crippen LogP contribution in [-0.2, 0) is 14.4 Å². The van der Waals surface area contributed by atoms with Gasteiger partial charge >= 0.3 is 0 Å². The fraction of sp³-hybridized carbons (Fsp3) is 0.650. The summed E-state index contributed by atoms with van der Waals surface area (Å²) in [5, 5.41) is 0. The molecule has 1 fully saturated rings. The fourth-order valence-electron chi connectivity index (χ4n) is 4.90. The van der Waals surface area contributed by atoms with Gasteiger partial charge in [-0.05, 0) is 60.7 Å². The Bertz CT molecular complexity index is 677. The van der Waals surface area contributed by atoms with Crippen molar-refractivity contribution < 1.29 is 14.4 Å². The van der Waals surface area contributed by atoms with Crippen molar-refractivity contribution in [3.05, 3.63) is 22.8 Å². The van der Waals surface area contributed by atoms with Crippen molar-refractivity contribution in [1.29, 1.82) is 0 Å². The maximum Gasteiger partial charge on any atom is 0.172 e. The third-order valence-electron chi connectivity index (χ3n) is 6.31. The number of fused-ring (bicyclic) bond motifs is 1. The first-order valence-corrected chi connectivity index (χ1v) is 8.59. The zero-order valence-electron chi connectivity index (χ0n) is 14.8. The standard InChI is InChI=1S/C20H26O3/c1-11-6-13-8-12(2)15(21)9-16-19(3,4)10-17(22)20(16,5)18(23)14(13)7-11/h8,11,16H,6-7,9-10H2,1-5H3/b12-8-/t11-,16+,20-/m1/s1. The minimum atomic E-state index is -1.04. The molecule has 3 atom stereocenters. The van der Waals surface area contributed by atoms with E-state index in [9.17, 15) is 14.4 Å². The van der Waals surface area contributed by atoms with E-state index in [0.29, 0.717) is 18.8 Å². The van der Waals surface area contributed by atoms with Gasteiger partial charge in [0.15, 0.2) is 11.6 Å². The second-order valence-electron chi connectivity index (χ2n) is 8.64.